The van der Waals surface area contributed by atoms with Gasteiger partial charge in [0.05, 0.1) is 10.9 Å². The summed E-state index contributed by atoms with van der Waals surface area (Å²) in [6.45, 7) is 7.42. The number of nitrogens with zero attached hydrogens (tertiary/aromatic N) is 2. The molecule has 1 unspecified atom stereocenters. The van der Waals surface area contributed by atoms with E-state index < -0.39 is 0 Å². The Morgan fingerprint density at radius 1 is 1.50 bits per heavy atom. The summed E-state index contributed by atoms with van der Waals surface area (Å²) in [5.41, 5.74) is 0.844. The van der Waals surface area contributed by atoms with Gasteiger partial charge >= 0.3 is 0 Å². The molecule has 22 heavy (non-hydrogen) atoms. The van der Waals surface area contributed by atoms with Crippen LogP contribution >= 0.6 is 11.8 Å². The summed E-state index contributed by atoms with van der Waals surface area (Å²) in [5, 5.41) is 3.33. The molecule has 0 saturated heterocycles. The third-order valence-corrected chi connectivity index (χ3v) is 4.76. The topological polar surface area (TPSA) is 62.3 Å². The summed E-state index contributed by atoms with van der Waals surface area (Å²) < 4.78 is 0. The van der Waals surface area contributed by atoms with E-state index in [0.29, 0.717) is 19.0 Å². The molecule has 2 rings (SSSR count). The van der Waals surface area contributed by atoms with Gasteiger partial charge in [-0.05, 0) is 31.4 Å². The normalized spacial score (nSPS) is 17.5. The number of carbonyl (C=O) groups is 2. The quantitative estimate of drug-likeness (QED) is 0.874. The molecule has 0 bridgehead atoms. The molecular weight excluding hydrogens is 298 g/mol. The molecule has 5 nitrogen and oxygen atoms in total. The largest absolute Gasteiger partial charge is 0.356 e. The Morgan fingerprint density at radius 2 is 2.27 bits per heavy atom. The van der Waals surface area contributed by atoms with Crippen molar-refractivity contribution in [3.8, 4) is 0 Å². The van der Waals surface area contributed by atoms with E-state index in [-0.39, 0.29) is 23.5 Å². The molecule has 1 atom stereocenters. The third kappa shape index (κ3) is 4.00. The van der Waals surface area contributed by atoms with Gasteiger partial charge in [-0.1, -0.05) is 25.6 Å². The van der Waals surface area contributed by atoms with Crippen molar-refractivity contribution in [3.05, 3.63) is 18.3 Å². The number of fused-ring (bicyclic) bond motifs is 1. The van der Waals surface area contributed by atoms with Crippen LogP contribution < -0.4 is 10.2 Å². The summed E-state index contributed by atoms with van der Waals surface area (Å²) in [5.74, 6) is 0.478. The van der Waals surface area contributed by atoms with Crippen molar-refractivity contribution in [1.82, 2.24) is 10.3 Å². The molecule has 1 aliphatic heterocycles. The zero-order valence-electron chi connectivity index (χ0n) is 13.3. The zero-order valence-corrected chi connectivity index (χ0v) is 14.2. The number of nitrogens with one attached hydrogen (secondary N) is 1. The molecule has 120 valence electrons. The standard InChI is InChI=1S/C16H23N3O2S/c1-4-19-12-6-5-8-18-15(12)22-13(16(19)21)10-14(20)17-9-7-11(2)3/h5-6,8,11,13H,4,7,9-10H2,1-3H3,(H,17,20). The minimum absolute atomic E-state index is 0.00740. The summed E-state index contributed by atoms with van der Waals surface area (Å²) in [7, 11) is 0. The molecule has 0 spiro atoms. The Labute approximate surface area is 135 Å². The van der Waals surface area contributed by atoms with Gasteiger partial charge in [-0.15, -0.1) is 0 Å². The lowest BCUT2D eigenvalue weighted by Crippen LogP contribution is -2.43. The highest BCUT2D eigenvalue weighted by atomic mass is 32.2. The van der Waals surface area contributed by atoms with E-state index in [9.17, 15) is 9.59 Å². The van der Waals surface area contributed by atoms with Crippen molar-refractivity contribution in [2.75, 3.05) is 18.0 Å². The van der Waals surface area contributed by atoms with Crippen LogP contribution in [0.2, 0.25) is 0 Å². The Hall–Kier alpha value is -1.56. The van der Waals surface area contributed by atoms with Gasteiger partial charge in [0.1, 0.15) is 5.03 Å². The molecule has 1 aromatic heterocycles. The number of thioether (sulfide) groups is 1. The summed E-state index contributed by atoms with van der Waals surface area (Å²) >= 11 is 1.39. The van der Waals surface area contributed by atoms with E-state index in [1.54, 1.807) is 11.1 Å². The number of rotatable bonds is 6. The smallest absolute Gasteiger partial charge is 0.241 e. The van der Waals surface area contributed by atoms with E-state index in [1.807, 2.05) is 19.1 Å². The lowest BCUT2D eigenvalue weighted by atomic mass is 10.1. The Kier molecular flexibility index (Phi) is 5.83. The molecule has 0 radical (unpaired) electrons. The first kappa shape index (κ1) is 16.8. The second kappa shape index (κ2) is 7.63. The molecule has 0 aliphatic carbocycles. The number of anilines is 1. The minimum atomic E-state index is -0.388. The minimum Gasteiger partial charge on any atom is -0.356 e. The average molecular weight is 321 g/mol. The van der Waals surface area contributed by atoms with Gasteiger partial charge in [-0.25, -0.2) is 4.98 Å². The summed E-state index contributed by atoms with van der Waals surface area (Å²) in [4.78, 5) is 30.6. The highest BCUT2D eigenvalue weighted by Crippen LogP contribution is 2.38. The van der Waals surface area contributed by atoms with Crippen LogP contribution in [0.1, 0.15) is 33.6 Å². The molecule has 1 N–H and O–H groups in total. The Bertz CT molecular complexity index is 548. The molecular formula is C16H23N3O2S. The zero-order chi connectivity index (χ0) is 16.1. The maximum absolute atomic E-state index is 12.5. The van der Waals surface area contributed by atoms with Crippen molar-refractivity contribution in [2.24, 2.45) is 5.92 Å². The first-order valence-corrected chi connectivity index (χ1v) is 8.60. The average Bonchev–Trinajstić information content (AvgIpc) is 2.48. The first-order valence-electron chi connectivity index (χ1n) is 7.72. The number of amides is 2. The highest BCUT2D eigenvalue weighted by Gasteiger charge is 2.34. The lowest BCUT2D eigenvalue weighted by Gasteiger charge is -2.31. The number of hydrogen-bond acceptors (Lipinski definition) is 4. The molecule has 1 aromatic rings. The van der Waals surface area contributed by atoms with Crippen LogP contribution in [0.25, 0.3) is 0 Å². The van der Waals surface area contributed by atoms with Gasteiger partial charge < -0.3 is 10.2 Å². The lowest BCUT2D eigenvalue weighted by molar-refractivity contribution is -0.124. The molecule has 1 aliphatic rings. The van der Waals surface area contributed by atoms with Crippen LogP contribution in [0.15, 0.2) is 23.4 Å². The molecule has 2 amide bonds. The van der Waals surface area contributed by atoms with Crippen LogP contribution in [-0.4, -0.2) is 35.1 Å². The number of pyridine rings is 1. The number of aromatic nitrogens is 1. The maximum Gasteiger partial charge on any atom is 0.241 e. The van der Waals surface area contributed by atoms with Crippen molar-refractivity contribution in [3.63, 3.8) is 0 Å². The molecule has 2 heterocycles. The van der Waals surface area contributed by atoms with Crippen LogP contribution in [-0.2, 0) is 9.59 Å². The third-order valence-electron chi connectivity index (χ3n) is 3.57. The fourth-order valence-electron chi connectivity index (χ4n) is 2.35. The van der Waals surface area contributed by atoms with E-state index in [1.165, 1.54) is 11.8 Å². The SMILES string of the molecule is CCN1C(=O)C(CC(=O)NCCC(C)C)Sc2ncccc21. The van der Waals surface area contributed by atoms with Gasteiger partial charge in [0.2, 0.25) is 11.8 Å². The predicted octanol–water partition coefficient (Wildman–Crippen LogP) is 2.46. The van der Waals surface area contributed by atoms with Crippen LogP contribution in [0, 0.1) is 5.92 Å². The number of hydrogen-bond donors (Lipinski definition) is 1. The molecule has 0 aromatic carbocycles. The fraction of sp³-hybridized carbons (Fsp3) is 0.562. The van der Waals surface area contributed by atoms with Gasteiger partial charge in [-0.3, -0.25) is 9.59 Å². The van der Waals surface area contributed by atoms with Gasteiger partial charge in [-0.2, -0.15) is 0 Å². The monoisotopic (exact) mass is 321 g/mol. The van der Waals surface area contributed by atoms with E-state index in [0.717, 1.165) is 17.1 Å². The van der Waals surface area contributed by atoms with Gasteiger partial charge in [0.15, 0.2) is 0 Å². The van der Waals surface area contributed by atoms with E-state index in [2.05, 4.69) is 24.1 Å². The van der Waals surface area contributed by atoms with Crippen molar-refractivity contribution in [1.29, 1.82) is 0 Å². The molecule has 0 saturated carbocycles. The number of carbonyl (C=O) groups excluding carboxylic acids is 2. The van der Waals surface area contributed by atoms with E-state index >= 15 is 0 Å². The van der Waals surface area contributed by atoms with Crippen molar-refractivity contribution >= 4 is 29.3 Å². The van der Waals surface area contributed by atoms with Gasteiger partial charge in [0, 0.05) is 25.7 Å². The first-order chi connectivity index (χ1) is 10.5. The summed E-state index contributed by atoms with van der Waals surface area (Å²) in [6, 6.07) is 3.73. The second-order valence-electron chi connectivity index (χ2n) is 5.75. The van der Waals surface area contributed by atoms with Crippen LogP contribution in [0.4, 0.5) is 5.69 Å². The molecule has 6 heteroatoms. The Morgan fingerprint density at radius 3 is 2.95 bits per heavy atom. The van der Waals surface area contributed by atoms with Crippen molar-refractivity contribution < 1.29 is 9.59 Å². The Balaban J connectivity index is 2.00. The second-order valence-corrected chi connectivity index (χ2v) is 6.94. The van der Waals surface area contributed by atoms with Gasteiger partial charge in [0.25, 0.3) is 0 Å². The fourth-order valence-corrected chi connectivity index (χ4v) is 3.51. The van der Waals surface area contributed by atoms with E-state index in [4.69, 9.17) is 0 Å². The van der Waals surface area contributed by atoms with Crippen molar-refractivity contribution in [2.45, 2.75) is 43.9 Å². The van der Waals surface area contributed by atoms with Crippen LogP contribution in [0.5, 0.6) is 0 Å². The van der Waals surface area contributed by atoms with Crippen LogP contribution in [0.3, 0.4) is 0 Å². The maximum atomic E-state index is 12.5. The molecule has 0 fully saturated rings. The highest BCUT2D eigenvalue weighted by molar-refractivity contribution is 8.00. The summed E-state index contributed by atoms with van der Waals surface area (Å²) in [6.07, 6.45) is 2.87. The predicted molar refractivity (Wildman–Crippen MR) is 89.0 cm³/mol.